The van der Waals surface area contributed by atoms with Crippen LogP contribution in [0.3, 0.4) is 0 Å². The highest BCUT2D eigenvalue weighted by Gasteiger charge is 2.31. The van der Waals surface area contributed by atoms with Crippen LogP contribution in [0.15, 0.2) is 24.3 Å². The summed E-state index contributed by atoms with van der Waals surface area (Å²) in [6, 6.07) is 5.35. The first-order valence-corrected chi connectivity index (χ1v) is 8.91. The van der Waals surface area contributed by atoms with Crippen LogP contribution in [0.2, 0.25) is 0 Å². The zero-order valence-corrected chi connectivity index (χ0v) is 14.4. The lowest BCUT2D eigenvalue weighted by Crippen LogP contribution is -2.47. The zero-order valence-electron chi connectivity index (χ0n) is 13.6. The molecule has 9 heteroatoms. The molecule has 132 valence electrons. The highest BCUT2D eigenvalue weighted by molar-refractivity contribution is 7.99. The molecule has 1 atom stereocenters. The average Bonchev–Trinajstić information content (AvgIpc) is 2.97. The summed E-state index contributed by atoms with van der Waals surface area (Å²) in [7, 11) is 0. The number of aromatic nitrogens is 3. The molecule has 3 rings (SSSR count). The lowest BCUT2D eigenvalue weighted by atomic mass is 10.2. The Labute approximate surface area is 147 Å². The Morgan fingerprint density at radius 2 is 2.08 bits per heavy atom. The fourth-order valence-electron chi connectivity index (χ4n) is 2.73. The highest BCUT2D eigenvalue weighted by Crippen LogP contribution is 2.21. The van der Waals surface area contributed by atoms with Crippen LogP contribution < -0.4 is 0 Å². The molecule has 0 saturated carbocycles. The lowest BCUT2D eigenvalue weighted by molar-refractivity contribution is -0.138. The van der Waals surface area contributed by atoms with E-state index in [1.54, 1.807) is 30.8 Å². The summed E-state index contributed by atoms with van der Waals surface area (Å²) in [5, 5.41) is 13.3. The van der Waals surface area contributed by atoms with Gasteiger partial charge in [0.25, 0.3) is 5.91 Å². The van der Waals surface area contributed by atoms with Crippen LogP contribution in [0.25, 0.3) is 5.69 Å². The lowest BCUT2D eigenvalue weighted by Gasteiger charge is -2.33. The molecule has 0 radical (unpaired) electrons. The molecule has 1 unspecified atom stereocenters. The number of aryl methyl sites for hydroxylation is 1. The van der Waals surface area contributed by atoms with Crippen molar-refractivity contribution < 1.29 is 19.1 Å². The predicted molar refractivity (Wildman–Crippen MR) is 90.5 cm³/mol. The van der Waals surface area contributed by atoms with Crippen LogP contribution in [-0.2, 0) is 4.79 Å². The third kappa shape index (κ3) is 3.81. The van der Waals surface area contributed by atoms with Crippen molar-refractivity contribution in [2.24, 2.45) is 0 Å². The van der Waals surface area contributed by atoms with Crippen LogP contribution in [0.5, 0.6) is 0 Å². The monoisotopic (exact) mass is 364 g/mol. The molecule has 1 saturated heterocycles. The summed E-state index contributed by atoms with van der Waals surface area (Å²) in [4.78, 5) is 29.5. The Morgan fingerprint density at radius 1 is 1.36 bits per heavy atom. The number of hydrogen-bond donors (Lipinski definition) is 1. The maximum absolute atomic E-state index is 13.1. The molecule has 1 amide bonds. The number of hydrogen-bond acceptors (Lipinski definition) is 5. The molecule has 2 aromatic rings. The first-order valence-electron chi connectivity index (χ1n) is 7.76. The van der Waals surface area contributed by atoms with Gasteiger partial charge in [-0.25, -0.2) is 14.1 Å². The van der Waals surface area contributed by atoms with Crippen LogP contribution in [0, 0.1) is 12.7 Å². The van der Waals surface area contributed by atoms with Gasteiger partial charge >= 0.3 is 5.97 Å². The number of halogens is 1. The Balaban J connectivity index is 1.85. The van der Waals surface area contributed by atoms with E-state index >= 15 is 0 Å². The summed E-state index contributed by atoms with van der Waals surface area (Å²) in [5.41, 5.74) is 0.599. The molecule has 0 bridgehead atoms. The minimum atomic E-state index is -0.939. The van der Waals surface area contributed by atoms with Crippen molar-refractivity contribution in [1.82, 2.24) is 19.7 Å². The van der Waals surface area contributed by atoms with Gasteiger partial charge in [0.05, 0.1) is 18.2 Å². The Bertz CT molecular complexity index is 793. The summed E-state index contributed by atoms with van der Waals surface area (Å²) < 4.78 is 14.5. The van der Waals surface area contributed by atoms with Gasteiger partial charge in [0.15, 0.2) is 0 Å². The van der Waals surface area contributed by atoms with Gasteiger partial charge in [-0.1, -0.05) is 0 Å². The first-order chi connectivity index (χ1) is 12.0. The van der Waals surface area contributed by atoms with E-state index in [9.17, 15) is 14.0 Å². The van der Waals surface area contributed by atoms with E-state index in [1.165, 1.54) is 21.7 Å². The van der Waals surface area contributed by atoms with Crippen molar-refractivity contribution in [2.45, 2.75) is 19.4 Å². The topological polar surface area (TPSA) is 88.3 Å². The minimum absolute atomic E-state index is 0.0177. The highest BCUT2D eigenvalue weighted by atomic mass is 32.2. The molecule has 1 aliphatic rings. The fraction of sp³-hybridized carbons (Fsp3) is 0.375. The van der Waals surface area contributed by atoms with Gasteiger partial charge < -0.3 is 10.0 Å². The number of carbonyl (C=O) groups excluding carboxylic acids is 1. The van der Waals surface area contributed by atoms with Gasteiger partial charge in [-0.15, -0.1) is 5.10 Å². The first kappa shape index (κ1) is 17.4. The van der Waals surface area contributed by atoms with Crippen LogP contribution >= 0.6 is 11.8 Å². The molecule has 2 heterocycles. The van der Waals surface area contributed by atoms with Gasteiger partial charge in [-0.2, -0.15) is 11.8 Å². The van der Waals surface area contributed by atoms with Crippen molar-refractivity contribution >= 4 is 23.6 Å². The van der Waals surface area contributed by atoms with Crippen molar-refractivity contribution in [3.8, 4) is 5.69 Å². The SMILES string of the molecule is Cc1nc(C(=O)N2CCSCC2CC(=O)O)nn1-c1ccc(F)cc1. The molecule has 0 aliphatic carbocycles. The second-order valence-electron chi connectivity index (χ2n) is 5.70. The number of nitrogens with zero attached hydrogens (tertiary/aromatic N) is 4. The van der Waals surface area contributed by atoms with E-state index in [-0.39, 0.29) is 30.0 Å². The average molecular weight is 364 g/mol. The number of carbonyl (C=O) groups is 2. The second kappa shape index (κ2) is 7.22. The molecule has 1 N–H and O–H groups in total. The second-order valence-corrected chi connectivity index (χ2v) is 6.85. The smallest absolute Gasteiger partial charge is 0.305 e. The molecule has 1 aromatic carbocycles. The van der Waals surface area contributed by atoms with Gasteiger partial charge in [0, 0.05) is 18.1 Å². The van der Waals surface area contributed by atoms with Crippen LogP contribution in [0.4, 0.5) is 4.39 Å². The third-order valence-electron chi connectivity index (χ3n) is 3.93. The maximum Gasteiger partial charge on any atom is 0.305 e. The van der Waals surface area contributed by atoms with E-state index in [2.05, 4.69) is 10.1 Å². The molecular formula is C16H17FN4O3S. The number of aliphatic carboxylic acids is 1. The van der Waals surface area contributed by atoms with Crippen molar-refractivity contribution in [3.05, 3.63) is 41.7 Å². The molecular weight excluding hydrogens is 347 g/mol. The number of benzene rings is 1. The summed E-state index contributed by atoms with van der Waals surface area (Å²) >= 11 is 1.63. The normalized spacial score (nSPS) is 17.5. The summed E-state index contributed by atoms with van der Waals surface area (Å²) in [6.07, 6.45) is -0.101. The number of amides is 1. The van der Waals surface area contributed by atoms with E-state index in [0.29, 0.717) is 23.8 Å². The number of carboxylic acids is 1. The van der Waals surface area contributed by atoms with Gasteiger partial charge in [0.1, 0.15) is 11.6 Å². The maximum atomic E-state index is 13.1. The van der Waals surface area contributed by atoms with Crippen molar-refractivity contribution in [1.29, 1.82) is 0 Å². The number of carboxylic acid groups (broad SMARTS) is 1. The zero-order chi connectivity index (χ0) is 18.0. The van der Waals surface area contributed by atoms with E-state index < -0.39 is 5.97 Å². The van der Waals surface area contributed by atoms with E-state index in [1.807, 2.05) is 0 Å². The Kier molecular flexibility index (Phi) is 5.03. The van der Waals surface area contributed by atoms with Gasteiger partial charge in [-0.3, -0.25) is 9.59 Å². The van der Waals surface area contributed by atoms with Crippen LogP contribution in [0.1, 0.15) is 22.9 Å². The van der Waals surface area contributed by atoms with Crippen molar-refractivity contribution in [3.63, 3.8) is 0 Å². The standard InChI is InChI=1S/C16H17FN4O3S/c1-10-18-15(19-21(10)12-4-2-11(17)3-5-12)16(24)20-6-7-25-9-13(20)8-14(22)23/h2-5,13H,6-9H2,1H3,(H,22,23). The van der Waals surface area contributed by atoms with Crippen LogP contribution in [-0.4, -0.2) is 60.7 Å². The molecule has 25 heavy (non-hydrogen) atoms. The Morgan fingerprint density at radius 3 is 2.76 bits per heavy atom. The fourth-order valence-corrected chi connectivity index (χ4v) is 3.79. The largest absolute Gasteiger partial charge is 0.481 e. The van der Waals surface area contributed by atoms with Gasteiger partial charge in [-0.05, 0) is 31.2 Å². The van der Waals surface area contributed by atoms with Gasteiger partial charge in [0.2, 0.25) is 5.82 Å². The molecule has 1 aromatic heterocycles. The van der Waals surface area contributed by atoms with E-state index in [4.69, 9.17) is 5.11 Å². The minimum Gasteiger partial charge on any atom is -0.481 e. The number of rotatable bonds is 4. The molecule has 0 spiro atoms. The molecule has 1 aliphatic heterocycles. The summed E-state index contributed by atoms with van der Waals surface area (Å²) in [5.74, 6) is 0.164. The summed E-state index contributed by atoms with van der Waals surface area (Å²) in [6.45, 7) is 2.17. The third-order valence-corrected chi connectivity index (χ3v) is 5.02. The van der Waals surface area contributed by atoms with E-state index in [0.717, 1.165) is 5.75 Å². The molecule has 7 nitrogen and oxygen atoms in total. The van der Waals surface area contributed by atoms with Crippen molar-refractivity contribution in [2.75, 3.05) is 18.1 Å². The number of thioether (sulfide) groups is 1. The quantitative estimate of drug-likeness (QED) is 0.889. The molecule has 1 fully saturated rings. The predicted octanol–water partition coefficient (Wildman–Crippen LogP) is 1.75. The Hall–Kier alpha value is -2.42.